The number of aromatic amines is 1. The van der Waals surface area contributed by atoms with Gasteiger partial charge in [-0.05, 0) is 83.0 Å². The number of aromatic nitrogens is 5. The number of H-pyrrole nitrogens is 1. The number of nitrogens with zero attached hydrogens (tertiary/aromatic N) is 5. The summed E-state index contributed by atoms with van der Waals surface area (Å²) in [5, 5.41) is 17.6. The lowest BCUT2D eigenvalue weighted by molar-refractivity contribution is 0.254. The molecule has 0 bridgehead atoms. The molecule has 0 atom stereocenters. The molecule has 2 aromatic carbocycles. The van der Waals surface area contributed by atoms with E-state index in [1.165, 1.54) is 11.2 Å². The molecule has 3 heterocycles. The molecule has 11 nitrogen and oxygen atoms in total. The van der Waals surface area contributed by atoms with Crippen molar-refractivity contribution in [2.75, 3.05) is 30.0 Å². The highest BCUT2D eigenvalue weighted by atomic mass is 16.5. The number of fused-ring (bicyclic) bond motifs is 1. The summed E-state index contributed by atoms with van der Waals surface area (Å²) in [6.07, 6.45) is 5.06. The van der Waals surface area contributed by atoms with Crippen LogP contribution in [-0.4, -0.2) is 55.6 Å². The first kappa shape index (κ1) is 31.4. The van der Waals surface area contributed by atoms with Crippen molar-refractivity contribution in [2.24, 2.45) is 0 Å². The molecule has 0 saturated heterocycles. The number of anilines is 2. The maximum absolute atomic E-state index is 14.0. The number of urea groups is 1. The number of aliphatic hydroxyl groups excluding tert-OH is 1. The van der Waals surface area contributed by atoms with E-state index in [1.807, 2.05) is 30.3 Å². The Hall–Kier alpha value is -5.03. The molecule has 3 N–H and O–H groups in total. The molecule has 0 aliphatic heterocycles. The second kappa shape index (κ2) is 14.2. The maximum Gasteiger partial charge on any atom is 0.326 e. The van der Waals surface area contributed by atoms with Crippen molar-refractivity contribution in [3.05, 3.63) is 94.9 Å². The number of amides is 2. The molecule has 0 fully saturated rings. The van der Waals surface area contributed by atoms with Crippen LogP contribution >= 0.6 is 0 Å². The fourth-order valence-electron chi connectivity index (χ4n) is 5.24. The second-order valence-electron chi connectivity index (χ2n) is 11.5. The van der Waals surface area contributed by atoms with Crippen molar-refractivity contribution in [1.29, 1.82) is 0 Å². The number of carbonyl (C=O) groups excluding carboxylic acids is 1. The van der Waals surface area contributed by atoms with E-state index in [0.29, 0.717) is 30.6 Å². The number of aliphatic hydroxyl groups is 1. The average Bonchev–Trinajstić information content (AvgIpc) is 3.55. The first-order valence-electron chi connectivity index (χ1n) is 15.2. The lowest BCUT2D eigenvalue weighted by Gasteiger charge is -2.26. The van der Waals surface area contributed by atoms with E-state index in [2.05, 4.69) is 65.2 Å². The van der Waals surface area contributed by atoms with Crippen LogP contribution in [0.2, 0.25) is 0 Å². The maximum atomic E-state index is 14.0. The van der Waals surface area contributed by atoms with Gasteiger partial charge in [0.05, 0.1) is 6.54 Å². The molecular formula is C34H39N7O4. The van der Waals surface area contributed by atoms with Gasteiger partial charge < -0.3 is 20.1 Å². The number of pyridine rings is 2. The van der Waals surface area contributed by atoms with E-state index in [4.69, 9.17) is 4.74 Å². The summed E-state index contributed by atoms with van der Waals surface area (Å²) in [4.78, 5) is 39.4. The van der Waals surface area contributed by atoms with Crippen molar-refractivity contribution in [3.8, 4) is 16.9 Å². The van der Waals surface area contributed by atoms with Gasteiger partial charge in [-0.15, -0.1) is 0 Å². The van der Waals surface area contributed by atoms with E-state index in [0.717, 1.165) is 33.7 Å². The number of hydrogen-bond acceptors (Lipinski definition) is 7. The van der Waals surface area contributed by atoms with Crippen LogP contribution in [0, 0.1) is 0 Å². The number of hydrogen-bond donors (Lipinski definition) is 3. The van der Waals surface area contributed by atoms with Crippen LogP contribution in [0.4, 0.5) is 16.2 Å². The van der Waals surface area contributed by atoms with Crippen LogP contribution in [0.15, 0.2) is 78.2 Å². The third kappa shape index (κ3) is 7.38. The van der Waals surface area contributed by atoms with Gasteiger partial charge >= 0.3 is 6.03 Å². The number of rotatable bonds is 12. The summed E-state index contributed by atoms with van der Waals surface area (Å²) in [5.74, 6) is 0.916. The molecule has 45 heavy (non-hydrogen) atoms. The van der Waals surface area contributed by atoms with Gasteiger partial charge in [0.2, 0.25) is 0 Å². The molecule has 11 heteroatoms. The van der Waals surface area contributed by atoms with Gasteiger partial charge in [0.15, 0.2) is 0 Å². The largest absolute Gasteiger partial charge is 0.492 e. The summed E-state index contributed by atoms with van der Waals surface area (Å²) in [7, 11) is 0. The third-order valence-electron chi connectivity index (χ3n) is 7.57. The smallest absolute Gasteiger partial charge is 0.326 e. The Balaban J connectivity index is 1.47. The molecule has 5 aromatic rings. The van der Waals surface area contributed by atoms with Crippen molar-refractivity contribution >= 4 is 28.4 Å². The van der Waals surface area contributed by atoms with E-state index in [1.54, 1.807) is 29.3 Å². The van der Waals surface area contributed by atoms with Gasteiger partial charge in [-0.2, -0.15) is 5.10 Å². The van der Waals surface area contributed by atoms with Crippen LogP contribution in [0.25, 0.3) is 22.2 Å². The van der Waals surface area contributed by atoms with Crippen molar-refractivity contribution < 1.29 is 14.6 Å². The highest BCUT2D eigenvalue weighted by molar-refractivity contribution is 6.03. The number of ether oxygens (including phenoxy) is 1. The zero-order chi connectivity index (χ0) is 31.9. The summed E-state index contributed by atoms with van der Waals surface area (Å²) in [5.41, 5.74) is 4.88. The highest BCUT2D eigenvalue weighted by Crippen LogP contribution is 2.38. The van der Waals surface area contributed by atoms with E-state index < -0.39 is 11.6 Å². The molecule has 0 aliphatic rings. The minimum absolute atomic E-state index is 0.0842. The molecule has 234 valence electrons. The average molecular weight is 610 g/mol. The standard InChI is InChI=1S/C34H39N7O4/c1-22(2)28-17-26(24-8-5-10-27(16-24)45-15-13-40-21-35-20-37-40)18-29(23(3)4)31(28)38-34(44)41(12-7-14-42)30-19-25-9-6-11-36-32(25)39-33(30)43/h5-6,8-11,16-23,42H,7,12-15H2,1-4H3,(H,38,44)(H,36,39,43). The van der Waals surface area contributed by atoms with Gasteiger partial charge in [0, 0.05) is 30.4 Å². The quantitative estimate of drug-likeness (QED) is 0.159. The Morgan fingerprint density at radius 2 is 1.82 bits per heavy atom. The predicted octanol–water partition coefficient (Wildman–Crippen LogP) is 5.93. The molecule has 0 aliphatic carbocycles. The van der Waals surface area contributed by atoms with E-state index >= 15 is 0 Å². The van der Waals surface area contributed by atoms with Crippen molar-refractivity contribution in [3.63, 3.8) is 0 Å². The first-order valence-corrected chi connectivity index (χ1v) is 15.2. The van der Waals surface area contributed by atoms with Crippen LogP contribution in [0.1, 0.15) is 57.1 Å². The normalized spacial score (nSPS) is 11.4. The topological polar surface area (TPSA) is 138 Å². The zero-order valence-corrected chi connectivity index (χ0v) is 26.0. The highest BCUT2D eigenvalue weighted by Gasteiger charge is 2.24. The van der Waals surface area contributed by atoms with Crippen LogP contribution < -0.4 is 20.5 Å². The summed E-state index contributed by atoms with van der Waals surface area (Å²) in [6, 6.07) is 17.0. The van der Waals surface area contributed by atoms with Gasteiger partial charge in [0.1, 0.15) is 36.3 Å². The second-order valence-corrected chi connectivity index (χ2v) is 11.5. The zero-order valence-electron chi connectivity index (χ0n) is 26.0. The lowest BCUT2D eigenvalue weighted by atomic mass is 9.88. The van der Waals surface area contributed by atoms with Gasteiger partial charge in [0.25, 0.3) is 5.56 Å². The SMILES string of the molecule is CC(C)c1cc(-c2cccc(OCCn3cncn3)c2)cc(C(C)C)c1NC(=O)N(CCCO)c1cc2cccnc2[nH]c1=O. The molecule has 3 aromatic heterocycles. The van der Waals surface area contributed by atoms with Gasteiger partial charge in [-0.25, -0.2) is 19.4 Å². The minimum Gasteiger partial charge on any atom is -0.492 e. The number of benzene rings is 2. The Kier molecular flexibility index (Phi) is 9.89. The minimum atomic E-state index is -0.448. The summed E-state index contributed by atoms with van der Waals surface area (Å²) in [6.45, 7) is 9.44. The molecule has 0 spiro atoms. The monoisotopic (exact) mass is 609 g/mol. The van der Waals surface area contributed by atoms with Crippen LogP contribution in [-0.2, 0) is 6.54 Å². The van der Waals surface area contributed by atoms with Crippen molar-refractivity contribution in [1.82, 2.24) is 24.7 Å². The molecule has 0 radical (unpaired) electrons. The third-order valence-corrected chi connectivity index (χ3v) is 7.57. The lowest BCUT2D eigenvalue weighted by Crippen LogP contribution is -2.39. The predicted molar refractivity (Wildman–Crippen MR) is 176 cm³/mol. The molecule has 0 saturated carbocycles. The van der Waals surface area contributed by atoms with Crippen molar-refractivity contribution in [2.45, 2.75) is 52.5 Å². The Morgan fingerprint density at radius 1 is 1.04 bits per heavy atom. The van der Waals surface area contributed by atoms with Gasteiger partial charge in [-0.1, -0.05) is 39.8 Å². The Bertz CT molecular complexity index is 1790. The fourth-order valence-corrected chi connectivity index (χ4v) is 5.24. The summed E-state index contributed by atoms with van der Waals surface area (Å²) >= 11 is 0. The van der Waals surface area contributed by atoms with Gasteiger partial charge in [-0.3, -0.25) is 9.69 Å². The molecule has 2 amide bonds. The number of nitrogens with one attached hydrogen (secondary N) is 2. The molecular weight excluding hydrogens is 570 g/mol. The first-order chi connectivity index (χ1) is 21.7. The van der Waals surface area contributed by atoms with E-state index in [9.17, 15) is 14.7 Å². The Labute approximate surface area is 261 Å². The Morgan fingerprint density at radius 3 is 2.51 bits per heavy atom. The summed E-state index contributed by atoms with van der Waals surface area (Å²) < 4.78 is 7.73. The fraction of sp³-hybridized carbons (Fsp3) is 0.324. The van der Waals surface area contributed by atoms with E-state index in [-0.39, 0.29) is 30.7 Å². The van der Waals surface area contributed by atoms with Crippen LogP contribution in [0.5, 0.6) is 5.75 Å². The molecule has 0 unspecified atom stereocenters. The van der Waals surface area contributed by atoms with Crippen LogP contribution in [0.3, 0.4) is 0 Å². The molecule has 5 rings (SSSR count). The number of carbonyl (C=O) groups is 1.